The van der Waals surface area contributed by atoms with Crippen molar-refractivity contribution in [3.63, 3.8) is 0 Å². The van der Waals surface area contributed by atoms with Crippen molar-refractivity contribution < 1.29 is 9.90 Å². The van der Waals surface area contributed by atoms with Crippen molar-refractivity contribution in [1.29, 1.82) is 0 Å². The number of piperidine rings is 1. The van der Waals surface area contributed by atoms with Gasteiger partial charge in [0.05, 0.1) is 6.10 Å². The first-order valence-electron chi connectivity index (χ1n) is 7.61. The van der Waals surface area contributed by atoms with Gasteiger partial charge in [-0.15, -0.1) is 0 Å². The van der Waals surface area contributed by atoms with Gasteiger partial charge in [0.25, 0.3) is 0 Å². The van der Waals surface area contributed by atoms with E-state index in [9.17, 15) is 9.90 Å². The van der Waals surface area contributed by atoms with Crippen molar-refractivity contribution in [2.75, 3.05) is 5.32 Å². The molecule has 3 N–H and O–H groups in total. The van der Waals surface area contributed by atoms with Gasteiger partial charge in [0, 0.05) is 17.8 Å². The number of nitrogens with zero attached hydrogens (tertiary/aromatic N) is 1. The molecule has 0 aliphatic carbocycles. The van der Waals surface area contributed by atoms with Crippen molar-refractivity contribution in [2.24, 2.45) is 0 Å². The van der Waals surface area contributed by atoms with Crippen LogP contribution < -0.4 is 10.7 Å². The standard InChI is InChI=1S/C16H25N3O2/c1-11-5-4-6-12(2)19(11)18-16(21)17-15-9-7-14(8-10-15)13(3)20/h7-13,20H,4-6H2,1-3H3,(H2,17,18,21). The minimum absolute atomic E-state index is 0.222. The van der Waals surface area contributed by atoms with Crippen molar-refractivity contribution in [3.8, 4) is 0 Å². The molecule has 0 spiro atoms. The largest absolute Gasteiger partial charge is 0.389 e. The Balaban J connectivity index is 1.91. The highest BCUT2D eigenvalue weighted by Crippen LogP contribution is 2.20. The fourth-order valence-corrected chi connectivity index (χ4v) is 2.76. The quantitative estimate of drug-likeness (QED) is 0.802. The van der Waals surface area contributed by atoms with Gasteiger partial charge in [0.15, 0.2) is 0 Å². The molecule has 1 fully saturated rings. The van der Waals surface area contributed by atoms with E-state index in [1.54, 1.807) is 19.1 Å². The number of hydrazine groups is 1. The third-order valence-electron chi connectivity index (χ3n) is 4.08. The Labute approximate surface area is 126 Å². The molecule has 0 aromatic heterocycles. The number of aliphatic hydroxyl groups is 1. The van der Waals surface area contributed by atoms with Crippen LogP contribution in [0.15, 0.2) is 24.3 Å². The number of rotatable bonds is 3. The van der Waals surface area contributed by atoms with E-state index in [4.69, 9.17) is 0 Å². The lowest BCUT2D eigenvalue weighted by molar-refractivity contribution is 0.0625. The van der Waals surface area contributed by atoms with Crippen molar-refractivity contribution in [2.45, 2.75) is 58.2 Å². The molecule has 1 aromatic rings. The van der Waals surface area contributed by atoms with E-state index in [1.165, 1.54) is 6.42 Å². The summed E-state index contributed by atoms with van der Waals surface area (Å²) < 4.78 is 0. The van der Waals surface area contributed by atoms with Crippen LogP contribution in [0.3, 0.4) is 0 Å². The second kappa shape index (κ2) is 6.91. The summed E-state index contributed by atoms with van der Waals surface area (Å²) in [7, 11) is 0. The third kappa shape index (κ3) is 4.19. The van der Waals surface area contributed by atoms with Gasteiger partial charge in [0.2, 0.25) is 0 Å². The number of amides is 2. The molecule has 0 bridgehead atoms. The van der Waals surface area contributed by atoms with Crippen LogP contribution in [-0.2, 0) is 0 Å². The zero-order chi connectivity index (χ0) is 15.4. The fourth-order valence-electron chi connectivity index (χ4n) is 2.76. The van der Waals surface area contributed by atoms with Crippen LogP contribution in [0.5, 0.6) is 0 Å². The maximum atomic E-state index is 12.1. The molecule has 1 aliphatic rings. The predicted molar refractivity (Wildman–Crippen MR) is 83.8 cm³/mol. The van der Waals surface area contributed by atoms with Gasteiger partial charge in [-0.25, -0.2) is 9.80 Å². The van der Waals surface area contributed by atoms with E-state index in [2.05, 4.69) is 24.6 Å². The molecule has 1 aliphatic heterocycles. The van der Waals surface area contributed by atoms with Gasteiger partial charge in [-0.2, -0.15) is 0 Å². The first kappa shape index (κ1) is 15.8. The van der Waals surface area contributed by atoms with Crippen LogP contribution in [-0.4, -0.2) is 28.2 Å². The Bertz CT molecular complexity index is 463. The SMILES string of the molecule is CC(O)c1ccc(NC(=O)NN2C(C)CCCC2C)cc1. The molecule has 5 nitrogen and oxygen atoms in total. The Morgan fingerprint density at radius 3 is 2.33 bits per heavy atom. The topological polar surface area (TPSA) is 64.6 Å². The van der Waals surface area contributed by atoms with Gasteiger partial charge in [0.1, 0.15) is 0 Å². The summed E-state index contributed by atoms with van der Waals surface area (Å²) in [5.41, 5.74) is 4.49. The molecule has 1 saturated heterocycles. The van der Waals surface area contributed by atoms with E-state index in [1.807, 2.05) is 17.1 Å². The number of urea groups is 1. The summed E-state index contributed by atoms with van der Waals surface area (Å²) in [6, 6.07) is 7.71. The lowest BCUT2D eigenvalue weighted by Gasteiger charge is -2.38. The monoisotopic (exact) mass is 291 g/mol. The van der Waals surface area contributed by atoms with Gasteiger partial charge in [-0.1, -0.05) is 18.6 Å². The minimum atomic E-state index is -0.497. The number of benzene rings is 1. The number of aliphatic hydroxyl groups excluding tert-OH is 1. The zero-order valence-corrected chi connectivity index (χ0v) is 13.0. The maximum absolute atomic E-state index is 12.1. The Morgan fingerprint density at radius 2 is 1.81 bits per heavy atom. The van der Waals surface area contributed by atoms with Crippen LogP contribution in [0.1, 0.15) is 51.7 Å². The third-order valence-corrected chi connectivity index (χ3v) is 4.08. The average molecular weight is 291 g/mol. The van der Waals surface area contributed by atoms with Crippen LogP contribution in [0.2, 0.25) is 0 Å². The maximum Gasteiger partial charge on any atom is 0.333 e. The Kier molecular flexibility index (Phi) is 5.20. The molecular formula is C16H25N3O2. The number of hydrogen-bond donors (Lipinski definition) is 3. The number of hydrogen-bond acceptors (Lipinski definition) is 3. The zero-order valence-electron chi connectivity index (χ0n) is 13.0. The first-order chi connectivity index (χ1) is 9.97. The van der Waals surface area contributed by atoms with Gasteiger partial charge in [-0.3, -0.25) is 5.43 Å². The summed E-state index contributed by atoms with van der Waals surface area (Å²) >= 11 is 0. The van der Waals surface area contributed by atoms with Crippen molar-refractivity contribution in [1.82, 2.24) is 10.4 Å². The molecule has 5 heteroatoms. The molecule has 3 atom stereocenters. The lowest BCUT2D eigenvalue weighted by atomic mass is 10.00. The molecular weight excluding hydrogens is 266 g/mol. The predicted octanol–water partition coefficient (Wildman–Crippen LogP) is 3.04. The van der Waals surface area contributed by atoms with E-state index in [0.717, 1.165) is 18.4 Å². The number of nitrogens with one attached hydrogen (secondary N) is 2. The highest BCUT2D eigenvalue weighted by Gasteiger charge is 2.25. The Hall–Kier alpha value is -1.59. The molecule has 1 aromatic carbocycles. The molecule has 2 amide bonds. The van der Waals surface area contributed by atoms with E-state index < -0.39 is 6.10 Å². The second-order valence-electron chi connectivity index (χ2n) is 5.90. The van der Waals surface area contributed by atoms with E-state index in [-0.39, 0.29) is 6.03 Å². The summed E-state index contributed by atoms with van der Waals surface area (Å²) in [6.07, 6.45) is 2.92. The minimum Gasteiger partial charge on any atom is -0.389 e. The molecule has 3 unspecified atom stereocenters. The summed E-state index contributed by atoms with van der Waals surface area (Å²) in [5.74, 6) is 0. The molecule has 1 heterocycles. The number of carbonyl (C=O) groups excluding carboxylic acids is 1. The van der Waals surface area contributed by atoms with Crippen molar-refractivity contribution >= 4 is 11.7 Å². The number of anilines is 1. The first-order valence-corrected chi connectivity index (χ1v) is 7.61. The average Bonchev–Trinajstić information content (AvgIpc) is 2.43. The van der Waals surface area contributed by atoms with Crippen LogP contribution >= 0.6 is 0 Å². The van der Waals surface area contributed by atoms with E-state index in [0.29, 0.717) is 17.8 Å². The van der Waals surface area contributed by atoms with E-state index >= 15 is 0 Å². The molecule has 2 rings (SSSR count). The molecule has 0 saturated carbocycles. The second-order valence-corrected chi connectivity index (χ2v) is 5.90. The highest BCUT2D eigenvalue weighted by atomic mass is 16.3. The van der Waals surface area contributed by atoms with Crippen molar-refractivity contribution in [3.05, 3.63) is 29.8 Å². The van der Waals surface area contributed by atoms with Gasteiger partial charge < -0.3 is 10.4 Å². The summed E-state index contributed by atoms with van der Waals surface area (Å²) in [6.45, 7) is 5.98. The highest BCUT2D eigenvalue weighted by molar-refractivity contribution is 5.88. The smallest absolute Gasteiger partial charge is 0.333 e. The fraction of sp³-hybridized carbons (Fsp3) is 0.562. The Morgan fingerprint density at radius 1 is 1.24 bits per heavy atom. The molecule has 116 valence electrons. The molecule has 21 heavy (non-hydrogen) atoms. The van der Waals surface area contributed by atoms with Crippen LogP contribution in [0, 0.1) is 0 Å². The molecule has 0 radical (unpaired) electrons. The van der Waals surface area contributed by atoms with Gasteiger partial charge in [-0.05, 0) is 51.3 Å². The van der Waals surface area contributed by atoms with Crippen LogP contribution in [0.4, 0.5) is 10.5 Å². The number of carbonyl (C=O) groups is 1. The lowest BCUT2D eigenvalue weighted by Crippen LogP contribution is -2.55. The summed E-state index contributed by atoms with van der Waals surface area (Å²) in [5, 5.41) is 14.3. The van der Waals surface area contributed by atoms with Gasteiger partial charge >= 0.3 is 6.03 Å². The summed E-state index contributed by atoms with van der Waals surface area (Å²) in [4.78, 5) is 12.1. The van der Waals surface area contributed by atoms with Crippen LogP contribution in [0.25, 0.3) is 0 Å². The normalized spacial score (nSPS) is 24.4.